The van der Waals surface area contributed by atoms with Crippen LogP contribution in [0, 0.1) is 6.92 Å². The molecule has 0 amide bonds. The zero-order valence-electron chi connectivity index (χ0n) is 12.8. The third kappa shape index (κ3) is 3.28. The lowest BCUT2D eigenvalue weighted by atomic mass is 10.0. The van der Waals surface area contributed by atoms with Gasteiger partial charge >= 0.3 is 5.97 Å². The maximum absolute atomic E-state index is 11.9. The zero-order chi connectivity index (χ0) is 16.1. The van der Waals surface area contributed by atoms with Crippen LogP contribution in [0.3, 0.4) is 0 Å². The zero-order valence-corrected chi connectivity index (χ0v) is 12.8. The standard InChI is InChI=1S/C18H18O4/c1-12-6-4-5-7-13(12)8-9-14-10-15(21-2)11-16(19)17(14)18(20)22-3/h4-11,19H,1-3H3/b9-8+. The molecular weight excluding hydrogens is 280 g/mol. The van der Waals surface area contributed by atoms with E-state index >= 15 is 0 Å². The van der Waals surface area contributed by atoms with Crippen LogP contribution in [0.2, 0.25) is 0 Å². The number of benzene rings is 2. The Morgan fingerprint density at radius 2 is 1.77 bits per heavy atom. The molecule has 0 atom stereocenters. The van der Waals surface area contributed by atoms with Crippen molar-refractivity contribution >= 4 is 18.1 Å². The molecule has 4 nitrogen and oxygen atoms in total. The summed E-state index contributed by atoms with van der Waals surface area (Å²) >= 11 is 0. The molecule has 0 aliphatic carbocycles. The lowest BCUT2D eigenvalue weighted by Crippen LogP contribution is -2.04. The number of carbonyl (C=O) groups is 1. The minimum absolute atomic E-state index is 0.119. The van der Waals surface area contributed by atoms with Gasteiger partial charge in [0.2, 0.25) is 0 Å². The van der Waals surface area contributed by atoms with Crippen LogP contribution in [0.25, 0.3) is 12.2 Å². The van der Waals surface area contributed by atoms with Gasteiger partial charge in [-0.25, -0.2) is 4.79 Å². The van der Waals surface area contributed by atoms with Crippen LogP contribution in [0.1, 0.15) is 27.0 Å². The van der Waals surface area contributed by atoms with E-state index in [2.05, 4.69) is 0 Å². The Hall–Kier alpha value is -2.75. The number of hydrogen-bond donors (Lipinski definition) is 1. The molecule has 2 rings (SSSR count). The fraction of sp³-hybridized carbons (Fsp3) is 0.167. The molecular formula is C18H18O4. The molecule has 2 aromatic rings. The van der Waals surface area contributed by atoms with Crippen molar-refractivity contribution in [1.82, 2.24) is 0 Å². The lowest BCUT2D eigenvalue weighted by molar-refractivity contribution is 0.0597. The molecule has 0 unspecified atom stereocenters. The first-order valence-corrected chi connectivity index (χ1v) is 6.80. The van der Waals surface area contributed by atoms with Crippen LogP contribution in [0.15, 0.2) is 36.4 Å². The third-order valence-corrected chi connectivity index (χ3v) is 3.38. The van der Waals surface area contributed by atoms with Gasteiger partial charge in [0, 0.05) is 6.07 Å². The lowest BCUT2D eigenvalue weighted by Gasteiger charge is -2.09. The Kier molecular flexibility index (Phi) is 4.84. The Bertz CT molecular complexity index is 717. The summed E-state index contributed by atoms with van der Waals surface area (Å²) in [7, 11) is 2.78. The van der Waals surface area contributed by atoms with Crippen LogP contribution >= 0.6 is 0 Å². The van der Waals surface area contributed by atoms with Crippen molar-refractivity contribution in [3.05, 3.63) is 58.7 Å². The molecule has 22 heavy (non-hydrogen) atoms. The van der Waals surface area contributed by atoms with E-state index in [0.29, 0.717) is 11.3 Å². The monoisotopic (exact) mass is 298 g/mol. The second-order valence-corrected chi connectivity index (χ2v) is 4.79. The van der Waals surface area contributed by atoms with E-state index in [1.165, 1.54) is 20.3 Å². The summed E-state index contributed by atoms with van der Waals surface area (Å²) in [5.41, 5.74) is 2.80. The van der Waals surface area contributed by atoms with E-state index in [-0.39, 0.29) is 11.3 Å². The van der Waals surface area contributed by atoms with Gasteiger partial charge in [-0.15, -0.1) is 0 Å². The van der Waals surface area contributed by atoms with E-state index in [0.717, 1.165) is 11.1 Å². The fourth-order valence-electron chi connectivity index (χ4n) is 2.15. The van der Waals surface area contributed by atoms with Crippen molar-refractivity contribution in [2.75, 3.05) is 14.2 Å². The number of esters is 1. The van der Waals surface area contributed by atoms with E-state index in [9.17, 15) is 9.90 Å². The van der Waals surface area contributed by atoms with Gasteiger partial charge in [-0.2, -0.15) is 0 Å². The van der Waals surface area contributed by atoms with Gasteiger partial charge in [0.1, 0.15) is 17.1 Å². The molecule has 0 saturated heterocycles. The van der Waals surface area contributed by atoms with E-state index in [1.807, 2.05) is 37.3 Å². The first-order valence-electron chi connectivity index (χ1n) is 6.80. The summed E-state index contributed by atoms with van der Waals surface area (Å²) in [6, 6.07) is 11.0. The Balaban J connectivity index is 2.51. The summed E-state index contributed by atoms with van der Waals surface area (Å²) in [6.45, 7) is 2.00. The highest BCUT2D eigenvalue weighted by Gasteiger charge is 2.17. The van der Waals surface area contributed by atoms with Crippen LogP contribution in [0.4, 0.5) is 0 Å². The van der Waals surface area contributed by atoms with Crippen molar-refractivity contribution in [2.24, 2.45) is 0 Å². The highest BCUT2D eigenvalue weighted by Crippen LogP contribution is 2.30. The van der Waals surface area contributed by atoms with Crippen LogP contribution in [-0.4, -0.2) is 25.3 Å². The summed E-state index contributed by atoms with van der Waals surface area (Å²) in [5.74, 6) is -0.296. The quantitative estimate of drug-likeness (QED) is 0.691. The molecule has 0 spiro atoms. The molecule has 0 fully saturated rings. The molecule has 114 valence electrons. The van der Waals surface area contributed by atoms with E-state index < -0.39 is 5.97 Å². The molecule has 1 N–H and O–H groups in total. The Labute approximate surface area is 129 Å². The van der Waals surface area contributed by atoms with Gasteiger partial charge in [0.25, 0.3) is 0 Å². The number of carbonyl (C=O) groups excluding carboxylic acids is 1. The van der Waals surface area contributed by atoms with Crippen molar-refractivity contribution < 1.29 is 19.4 Å². The molecule has 4 heteroatoms. The van der Waals surface area contributed by atoms with Crippen molar-refractivity contribution in [1.29, 1.82) is 0 Å². The van der Waals surface area contributed by atoms with Gasteiger partial charge in [0.05, 0.1) is 14.2 Å². The number of rotatable bonds is 4. The van der Waals surface area contributed by atoms with E-state index in [1.54, 1.807) is 12.1 Å². The molecule has 0 radical (unpaired) electrons. The fourth-order valence-corrected chi connectivity index (χ4v) is 2.15. The number of ether oxygens (including phenoxy) is 2. The van der Waals surface area contributed by atoms with Gasteiger partial charge in [-0.1, -0.05) is 36.4 Å². The number of aromatic hydroxyl groups is 1. The van der Waals surface area contributed by atoms with Gasteiger partial charge in [-0.3, -0.25) is 0 Å². The van der Waals surface area contributed by atoms with Gasteiger partial charge in [-0.05, 0) is 29.7 Å². The smallest absolute Gasteiger partial charge is 0.342 e. The topological polar surface area (TPSA) is 55.8 Å². The first kappa shape index (κ1) is 15.6. The molecule has 0 aromatic heterocycles. The largest absolute Gasteiger partial charge is 0.507 e. The van der Waals surface area contributed by atoms with Crippen molar-refractivity contribution in [3.63, 3.8) is 0 Å². The predicted molar refractivity (Wildman–Crippen MR) is 86.1 cm³/mol. The average Bonchev–Trinajstić information content (AvgIpc) is 2.52. The Morgan fingerprint density at radius 1 is 1.09 bits per heavy atom. The number of methoxy groups -OCH3 is 2. The number of phenolic OH excluding ortho intramolecular Hbond substituents is 1. The summed E-state index contributed by atoms with van der Waals surface area (Å²) in [4.78, 5) is 11.9. The molecule has 0 bridgehead atoms. The number of phenols is 1. The highest BCUT2D eigenvalue weighted by molar-refractivity contribution is 5.98. The van der Waals surface area contributed by atoms with Crippen LogP contribution in [0.5, 0.6) is 11.5 Å². The number of aryl methyl sites for hydroxylation is 1. The summed E-state index contributed by atoms with van der Waals surface area (Å²) < 4.78 is 9.87. The molecule has 0 aliphatic rings. The second kappa shape index (κ2) is 6.80. The second-order valence-electron chi connectivity index (χ2n) is 4.79. The van der Waals surface area contributed by atoms with Gasteiger partial charge in [0.15, 0.2) is 0 Å². The number of hydrogen-bond acceptors (Lipinski definition) is 4. The minimum Gasteiger partial charge on any atom is -0.507 e. The Morgan fingerprint density at radius 3 is 2.41 bits per heavy atom. The van der Waals surface area contributed by atoms with E-state index in [4.69, 9.17) is 9.47 Å². The van der Waals surface area contributed by atoms with Crippen molar-refractivity contribution in [2.45, 2.75) is 6.92 Å². The summed E-state index contributed by atoms with van der Waals surface area (Å²) in [5, 5.41) is 10.0. The molecule has 0 aliphatic heterocycles. The first-order chi connectivity index (χ1) is 10.6. The minimum atomic E-state index is -0.593. The predicted octanol–water partition coefficient (Wildman–Crippen LogP) is 3.67. The maximum atomic E-state index is 11.9. The summed E-state index contributed by atoms with van der Waals surface area (Å²) in [6.07, 6.45) is 3.65. The third-order valence-electron chi connectivity index (χ3n) is 3.38. The maximum Gasteiger partial charge on any atom is 0.342 e. The highest BCUT2D eigenvalue weighted by atomic mass is 16.5. The van der Waals surface area contributed by atoms with Crippen molar-refractivity contribution in [3.8, 4) is 11.5 Å². The molecule has 0 saturated carbocycles. The van der Waals surface area contributed by atoms with Crippen LogP contribution < -0.4 is 4.74 Å². The average molecular weight is 298 g/mol. The molecule has 2 aromatic carbocycles. The molecule has 0 heterocycles. The normalized spacial score (nSPS) is 10.7. The SMILES string of the molecule is COC(=O)c1c(O)cc(OC)cc1/C=C/c1ccccc1C. The van der Waals surface area contributed by atoms with Crippen LogP contribution in [-0.2, 0) is 4.74 Å². The van der Waals surface area contributed by atoms with Gasteiger partial charge < -0.3 is 14.6 Å².